The van der Waals surface area contributed by atoms with Gasteiger partial charge >= 0.3 is 6.18 Å². The fourth-order valence-corrected chi connectivity index (χ4v) is 1.41. The van der Waals surface area contributed by atoms with E-state index in [1.807, 2.05) is 0 Å². The van der Waals surface area contributed by atoms with Crippen LogP contribution in [0.15, 0.2) is 23.3 Å². The predicted molar refractivity (Wildman–Crippen MR) is 59.9 cm³/mol. The molecule has 0 aliphatic carbocycles. The summed E-state index contributed by atoms with van der Waals surface area (Å²) < 4.78 is 38.1. The minimum atomic E-state index is -4.48. The first-order valence-corrected chi connectivity index (χ1v) is 4.93. The third-order valence-corrected chi connectivity index (χ3v) is 2.23. The summed E-state index contributed by atoms with van der Waals surface area (Å²) in [7, 11) is 1.55. The van der Waals surface area contributed by atoms with Crippen LogP contribution in [0.4, 0.5) is 18.9 Å². The molecule has 0 fully saturated rings. The lowest BCUT2D eigenvalue weighted by Gasteiger charge is -2.17. The van der Waals surface area contributed by atoms with Crippen molar-refractivity contribution in [3.63, 3.8) is 0 Å². The Labute approximate surface area is 97.2 Å². The molecule has 1 N–H and O–H groups in total. The molecule has 0 spiro atoms. The van der Waals surface area contributed by atoms with Gasteiger partial charge in [0, 0.05) is 13.3 Å². The highest BCUT2D eigenvalue weighted by molar-refractivity contribution is 5.58. The molecule has 0 atom stereocenters. The number of nitrogens with zero attached hydrogens (tertiary/aromatic N) is 2. The number of hydrogen-bond acceptors (Lipinski definition) is 3. The van der Waals surface area contributed by atoms with E-state index in [0.29, 0.717) is 5.69 Å². The monoisotopic (exact) mass is 246 g/mol. The van der Waals surface area contributed by atoms with Gasteiger partial charge in [0.05, 0.1) is 17.9 Å². The smallest absolute Gasteiger partial charge is 0.392 e. The number of rotatable bonds is 3. The number of alkyl halides is 3. The van der Waals surface area contributed by atoms with Crippen molar-refractivity contribution in [3.05, 3.63) is 29.3 Å². The van der Waals surface area contributed by atoms with Crippen molar-refractivity contribution in [2.24, 2.45) is 5.10 Å². The molecule has 3 nitrogen and oxygen atoms in total. The van der Waals surface area contributed by atoms with Crippen molar-refractivity contribution in [3.8, 4) is 0 Å². The molecule has 0 radical (unpaired) electrons. The van der Waals surface area contributed by atoms with E-state index in [0.717, 1.165) is 6.07 Å². The molecule has 0 bridgehead atoms. The van der Waals surface area contributed by atoms with Gasteiger partial charge < -0.3 is 5.11 Å². The quantitative estimate of drug-likeness (QED) is 0.657. The number of benzene rings is 1. The van der Waals surface area contributed by atoms with Gasteiger partial charge in [-0.3, -0.25) is 5.01 Å². The Hall–Kier alpha value is -1.56. The number of anilines is 1. The Morgan fingerprint density at radius 1 is 1.41 bits per heavy atom. The second-order valence-electron chi connectivity index (χ2n) is 3.39. The van der Waals surface area contributed by atoms with Gasteiger partial charge in [-0.25, -0.2) is 0 Å². The molecular weight excluding hydrogens is 233 g/mol. The fourth-order valence-electron chi connectivity index (χ4n) is 1.41. The first kappa shape index (κ1) is 13.5. The molecule has 0 amide bonds. The lowest BCUT2D eigenvalue weighted by molar-refractivity contribution is -0.138. The Kier molecular flexibility index (Phi) is 4.11. The van der Waals surface area contributed by atoms with E-state index < -0.39 is 18.3 Å². The highest BCUT2D eigenvalue weighted by Gasteiger charge is 2.33. The van der Waals surface area contributed by atoms with Gasteiger partial charge in [-0.2, -0.15) is 18.3 Å². The van der Waals surface area contributed by atoms with E-state index >= 15 is 0 Å². The van der Waals surface area contributed by atoms with Crippen molar-refractivity contribution >= 4 is 11.9 Å². The van der Waals surface area contributed by atoms with Gasteiger partial charge in [0.25, 0.3) is 0 Å². The highest BCUT2D eigenvalue weighted by atomic mass is 19.4. The van der Waals surface area contributed by atoms with Gasteiger partial charge in [0.1, 0.15) is 0 Å². The summed E-state index contributed by atoms with van der Waals surface area (Å²) in [6.45, 7) is 1.03. The summed E-state index contributed by atoms with van der Waals surface area (Å²) in [5, 5.41) is 14.1. The van der Waals surface area contributed by atoms with Crippen LogP contribution in [0.3, 0.4) is 0 Å². The lowest BCUT2D eigenvalue weighted by atomic mass is 10.1. The molecule has 6 heteroatoms. The minimum absolute atomic E-state index is 0.143. The first-order chi connectivity index (χ1) is 7.90. The van der Waals surface area contributed by atoms with Gasteiger partial charge in [-0.05, 0) is 24.6 Å². The molecule has 17 heavy (non-hydrogen) atoms. The zero-order chi connectivity index (χ0) is 13.1. The van der Waals surface area contributed by atoms with Crippen LogP contribution in [0.5, 0.6) is 0 Å². The number of aliphatic hydroxyl groups excluding tert-OH is 1. The number of hydrazone groups is 1. The number of halogens is 3. The molecular formula is C11H13F3N2O. The molecule has 0 unspecified atom stereocenters. The van der Waals surface area contributed by atoms with Crippen molar-refractivity contribution in [1.29, 1.82) is 0 Å². The topological polar surface area (TPSA) is 35.8 Å². The molecule has 1 aromatic rings. The van der Waals surface area contributed by atoms with Gasteiger partial charge in [-0.1, -0.05) is 6.07 Å². The average Bonchev–Trinajstić information content (AvgIpc) is 2.27. The highest BCUT2D eigenvalue weighted by Crippen LogP contribution is 2.34. The standard InChI is InChI=1S/C11H13F3N2O/c1-3-15-16(2)9-5-4-8(7-17)10(6-9)11(12,13)14/h3-6,17H,7H2,1-2H3/b15-3-. The molecule has 0 aliphatic heterocycles. The third-order valence-electron chi connectivity index (χ3n) is 2.23. The van der Waals surface area contributed by atoms with E-state index in [1.54, 1.807) is 14.0 Å². The maximum absolute atomic E-state index is 12.7. The molecule has 0 saturated carbocycles. The maximum Gasteiger partial charge on any atom is 0.416 e. The normalized spacial score (nSPS) is 12.1. The van der Waals surface area contributed by atoms with Crippen LogP contribution in [-0.2, 0) is 12.8 Å². The van der Waals surface area contributed by atoms with Gasteiger partial charge in [-0.15, -0.1) is 0 Å². The zero-order valence-electron chi connectivity index (χ0n) is 9.49. The van der Waals surface area contributed by atoms with Crippen LogP contribution < -0.4 is 5.01 Å². The zero-order valence-corrected chi connectivity index (χ0v) is 9.49. The van der Waals surface area contributed by atoms with Crippen molar-refractivity contribution in [2.45, 2.75) is 19.7 Å². The SMILES string of the molecule is C/C=N\N(C)c1ccc(CO)c(C(F)(F)F)c1. The maximum atomic E-state index is 12.7. The molecule has 0 saturated heterocycles. The third kappa shape index (κ3) is 3.20. The van der Waals surface area contributed by atoms with Crippen molar-refractivity contribution < 1.29 is 18.3 Å². The Morgan fingerprint density at radius 3 is 2.53 bits per heavy atom. The molecule has 0 aliphatic rings. The van der Waals surface area contributed by atoms with E-state index in [2.05, 4.69) is 5.10 Å². The van der Waals surface area contributed by atoms with Crippen molar-refractivity contribution in [1.82, 2.24) is 0 Å². The Bertz CT molecular complexity index is 416. The summed E-state index contributed by atoms with van der Waals surface area (Å²) in [4.78, 5) is 0. The van der Waals surface area contributed by atoms with Gasteiger partial charge in [0.2, 0.25) is 0 Å². The lowest BCUT2D eigenvalue weighted by Crippen LogP contribution is -2.13. The predicted octanol–water partition coefficient (Wildman–Crippen LogP) is 2.64. The molecule has 94 valence electrons. The van der Waals surface area contributed by atoms with Crippen molar-refractivity contribution in [2.75, 3.05) is 12.1 Å². The first-order valence-electron chi connectivity index (χ1n) is 4.93. The van der Waals surface area contributed by atoms with E-state index in [4.69, 9.17) is 5.11 Å². The van der Waals surface area contributed by atoms with Crippen LogP contribution in [0.25, 0.3) is 0 Å². The second-order valence-corrected chi connectivity index (χ2v) is 3.39. The largest absolute Gasteiger partial charge is 0.416 e. The van der Waals surface area contributed by atoms with Crippen LogP contribution in [0, 0.1) is 0 Å². The average molecular weight is 246 g/mol. The Morgan fingerprint density at radius 2 is 2.06 bits per heavy atom. The van der Waals surface area contributed by atoms with Crippen LogP contribution in [0.2, 0.25) is 0 Å². The molecule has 1 rings (SSSR count). The second kappa shape index (κ2) is 5.18. The molecule has 0 heterocycles. The van der Waals surface area contributed by atoms with Crippen LogP contribution in [0.1, 0.15) is 18.1 Å². The number of aliphatic hydroxyl groups is 1. The summed E-state index contributed by atoms with van der Waals surface area (Å²) >= 11 is 0. The summed E-state index contributed by atoms with van der Waals surface area (Å²) in [6.07, 6.45) is -3.00. The van der Waals surface area contributed by atoms with Crippen LogP contribution >= 0.6 is 0 Å². The molecule has 0 aromatic heterocycles. The van der Waals surface area contributed by atoms with Gasteiger partial charge in [0.15, 0.2) is 0 Å². The summed E-state index contributed by atoms with van der Waals surface area (Å²) in [5.74, 6) is 0. The van der Waals surface area contributed by atoms with E-state index in [-0.39, 0.29) is 5.56 Å². The summed E-state index contributed by atoms with van der Waals surface area (Å²) in [6, 6.07) is 3.70. The van der Waals surface area contributed by atoms with Crippen LogP contribution in [-0.4, -0.2) is 18.4 Å². The Balaban J connectivity index is 3.22. The number of hydrogen-bond donors (Lipinski definition) is 1. The van der Waals surface area contributed by atoms with E-state index in [9.17, 15) is 13.2 Å². The molecule has 1 aromatic carbocycles. The van der Waals surface area contributed by atoms with E-state index in [1.165, 1.54) is 23.4 Å². The fraction of sp³-hybridized carbons (Fsp3) is 0.364. The minimum Gasteiger partial charge on any atom is -0.392 e. The summed E-state index contributed by atoms with van der Waals surface area (Å²) in [5.41, 5.74) is -0.668.